The summed E-state index contributed by atoms with van der Waals surface area (Å²) in [7, 11) is 0. The average molecular weight is 313 g/mol. The molecule has 0 radical (unpaired) electrons. The maximum Gasteiger partial charge on any atom is 0.325 e. The fourth-order valence-corrected chi connectivity index (χ4v) is 2.41. The van der Waals surface area contributed by atoms with E-state index in [4.69, 9.17) is 23.2 Å². The molecule has 20 heavy (non-hydrogen) atoms. The molecule has 0 aliphatic carbocycles. The van der Waals surface area contributed by atoms with Crippen LogP contribution in [0, 0.1) is 0 Å². The quantitative estimate of drug-likeness (QED) is 0.687. The standard InChI is InChI=1S/C14H14Cl2N2O2/c1-8(2)7-18-12(19)14(3,17-13(18)20)9-4-5-10(15)11(16)6-9/h4-6H,1,7H2,2-3H3,(H,17,20)/t14-/m1/s1. The Kier molecular flexibility index (Phi) is 3.80. The van der Waals surface area contributed by atoms with Crippen molar-refractivity contribution >= 4 is 35.1 Å². The Morgan fingerprint density at radius 2 is 2.00 bits per heavy atom. The minimum atomic E-state index is -1.14. The number of nitrogens with one attached hydrogen (secondary N) is 1. The van der Waals surface area contributed by atoms with Gasteiger partial charge in [0.1, 0.15) is 5.54 Å². The molecule has 106 valence electrons. The minimum absolute atomic E-state index is 0.196. The molecule has 1 aliphatic heterocycles. The highest BCUT2D eigenvalue weighted by Gasteiger charge is 2.48. The van der Waals surface area contributed by atoms with Gasteiger partial charge in [-0.3, -0.25) is 9.69 Å². The summed E-state index contributed by atoms with van der Waals surface area (Å²) in [5.41, 5.74) is 0.183. The molecule has 6 heteroatoms. The van der Waals surface area contributed by atoms with Gasteiger partial charge in [-0.25, -0.2) is 4.79 Å². The van der Waals surface area contributed by atoms with Crippen molar-refractivity contribution < 1.29 is 9.59 Å². The van der Waals surface area contributed by atoms with Gasteiger partial charge < -0.3 is 5.32 Å². The van der Waals surface area contributed by atoms with Crippen LogP contribution in [-0.2, 0) is 10.3 Å². The van der Waals surface area contributed by atoms with Crippen LogP contribution in [0.2, 0.25) is 10.0 Å². The molecule has 1 heterocycles. The summed E-state index contributed by atoms with van der Waals surface area (Å²) in [4.78, 5) is 25.6. The van der Waals surface area contributed by atoms with Gasteiger partial charge in [-0.05, 0) is 31.5 Å². The first-order valence-corrected chi connectivity index (χ1v) is 6.75. The zero-order valence-electron chi connectivity index (χ0n) is 11.2. The van der Waals surface area contributed by atoms with E-state index >= 15 is 0 Å². The zero-order chi connectivity index (χ0) is 15.1. The number of amides is 3. The molecule has 1 fully saturated rings. The van der Waals surface area contributed by atoms with Gasteiger partial charge in [-0.2, -0.15) is 0 Å². The van der Waals surface area contributed by atoms with Crippen LogP contribution in [0.4, 0.5) is 4.79 Å². The molecule has 1 atom stereocenters. The molecule has 1 N–H and O–H groups in total. The molecular formula is C14H14Cl2N2O2. The van der Waals surface area contributed by atoms with E-state index < -0.39 is 11.6 Å². The van der Waals surface area contributed by atoms with Crippen LogP contribution in [0.25, 0.3) is 0 Å². The monoisotopic (exact) mass is 312 g/mol. The van der Waals surface area contributed by atoms with Crippen molar-refractivity contribution in [1.29, 1.82) is 0 Å². The Balaban J connectivity index is 2.40. The van der Waals surface area contributed by atoms with Gasteiger partial charge in [0.05, 0.1) is 16.6 Å². The molecule has 1 aliphatic rings. The molecule has 1 saturated heterocycles. The molecule has 3 amide bonds. The van der Waals surface area contributed by atoms with E-state index in [1.54, 1.807) is 32.0 Å². The van der Waals surface area contributed by atoms with E-state index in [1.165, 1.54) is 0 Å². The van der Waals surface area contributed by atoms with E-state index in [-0.39, 0.29) is 12.5 Å². The van der Waals surface area contributed by atoms with Gasteiger partial charge in [-0.1, -0.05) is 41.4 Å². The largest absolute Gasteiger partial charge is 0.325 e. The Labute approximate surface area is 127 Å². The van der Waals surface area contributed by atoms with Crippen molar-refractivity contribution in [2.45, 2.75) is 19.4 Å². The summed E-state index contributed by atoms with van der Waals surface area (Å²) in [5.74, 6) is -0.330. The van der Waals surface area contributed by atoms with E-state index in [1.807, 2.05) is 0 Å². The number of benzene rings is 1. The normalized spacial score (nSPS) is 22.1. The molecule has 0 bridgehead atoms. The van der Waals surface area contributed by atoms with Crippen molar-refractivity contribution in [3.63, 3.8) is 0 Å². The molecule has 0 spiro atoms. The van der Waals surface area contributed by atoms with E-state index in [2.05, 4.69) is 11.9 Å². The van der Waals surface area contributed by atoms with Gasteiger partial charge in [0.15, 0.2) is 0 Å². The first-order valence-electron chi connectivity index (χ1n) is 5.99. The lowest BCUT2D eigenvalue weighted by molar-refractivity contribution is -0.130. The van der Waals surface area contributed by atoms with Crippen LogP contribution in [0.1, 0.15) is 19.4 Å². The summed E-state index contributed by atoms with van der Waals surface area (Å²) < 4.78 is 0. The number of hydrogen-bond donors (Lipinski definition) is 1. The summed E-state index contributed by atoms with van der Waals surface area (Å²) in [5, 5.41) is 3.43. The van der Waals surface area contributed by atoms with Crippen LogP contribution in [0.5, 0.6) is 0 Å². The number of carbonyl (C=O) groups is 2. The van der Waals surface area contributed by atoms with Crippen LogP contribution in [0.15, 0.2) is 30.4 Å². The van der Waals surface area contributed by atoms with Gasteiger partial charge in [0.25, 0.3) is 5.91 Å². The van der Waals surface area contributed by atoms with Crippen molar-refractivity contribution in [3.8, 4) is 0 Å². The minimum Gasteiger partial charge on any atom is -0.319 e. The van der Waals surface area contributed by atoms with Crippen molar-refractivity contribution in [2.75, 3.05) is 6.54 Å². The highest BCUT2D eigenvalue weighted by molar-refractivity contribution is 6.42. The topological polar surface area (TPSA) is 49.4 Å². The summed E-state index contributed by atoms with van der Waals surface area (Å²) in [6.07, 6.45) is 0. The SMILES string of the molecule is C=C(C)CN1C(=O)N[C@](C)(c2ccc(Cl)c(Cl)c2)C1=O. The lowest BCUT2D eigenvalue weighted by Crippen LogP contribution is -2.41. The third kappa shape index (κ3) is 2.41. The molecule has 0 aromatic heterocycles. The number of hydrogen-bond acceptors (Lipinski definition) is 2. The fourth-order valence-electron chi connectivity index (χ4n) is 2.11. The number of urea groups is 1. The number of halogens is 2. The van der Waals surface area contributed by atoms with Gasteiger partial charge in [0.2, 0.25) is 0 Å². The van der Waals surface area contributed by atoms with Gasteiger partial charge in [-0.15, -0.1) is 0 Å². The summed E-state index contributed by atoms with van der Waals surface area (Å²) in [6, 6.07) is 4.43. The summed E-state index contributed by atoms with van der Waals surface area (Å²) in [6.45, 7) is 7.32. The Bertz CT molecular complexity index is 615. The molecular weight excluding hydrogens is 299 g/mol. The molecule has 0 saturated carbocycles. The van der Waals surface area contributed by atoms with E-state index in [9.17, 15) is 9.59 Å². The zero-order valence-corrected chi connectivity index (χ0v) is 12.7. The fraction of sp³-hybridized carbons (Fsp3) is 0.286. The van der Waals surface area contributed by atoms with Crippen LogP contribution in [0.3, 0.4) is 0 Å². The highest BCUT2D eigenvalue weighted by atomic mass is 35.5. The van der Waals surface area contributed by atoms with Crippen molar-refractivity contribution in [2.24, 2.45) is 0 Å². The summed E-state index contributed by atoms with van der Waals surface area (Å²) >= 11 is 11.8. The Hall–Kier alpha value is -1.52. The highest BCUT2D eigenvalue weighted by Crippen LogP contribution is 2.33. The van der Waals surface area contributed by atoms with Gasteiger partial charge >= 0.3 is 6.03 Å². The van der Waals surface area contributed by atoms with Crippen LogP contribution in [-0.4, -0.2) is 23.4 Å². The van der Waals surface area contributed by atoms with Crippen molar-refractivity contribution in [3.05, 3.63) is 46.0 Å². The number of imide groups is 1. The predicted molar refractivity (Wildman–Crippen MR) is 78.9 cm³/mol. The predicted octanol–water partition coefficient (Wildman–Crippen LogP) is 3.34. The Morgan fingerprint density at radius 3 is 2.55 bits per heavy atom. The number of nitrogens with zero attached hydrogens (tertiary/aromatic N) is 1. The molecule has 2 rings (SSSR count). The number of rotatable bonds is 3. The molecule has 0 unspecified atom stereocenters. The number of carbonyl (C=O) groups excluding carboxylic acids is 2. The maximum atomic E-state index is 12.5. The third-order valence-corrected chi connectivity index (χ3v) is 3.94. The first kappa shape index (κ1) is 14.9. The maximum absolute atomic E-state index is 12.5. The first-order chi connectivity index (χ1) is 9.25. The molecule has 1 aromatic carbocycles. The van der Waals surface area contributed by atoms with Gasteiger partial charge in [0, 0.05) is 0 Å². The van der Waals surface area contributed by atoms with Crippen LogP contribution < -0.4 is 5.32 Å². The smallest absolute Gasteiger partial charge is 0.319 e. The molecule has 4 nitrogen and oxygen atoms in total. The lowest BCUT2D eigenvalue weighted by Gasteiger charge is -2.22. The second-order valence-electron chi connectivity index (χ2n) is 5.03. The second-order valence-corrected chi connectivity index (χ2v) is 5.85. The molecule has 1 aromatic rings. The third-order valence-electron chi connectivity index (χ3n) is 3.20. The lowest BCUT2D eigenvalue weighted by atomic mass is 9.92. The second kappa shape index (κ2) is 5.11. The van der Waals surface area contributed by atoms with E-state index in [0.717, 1.165) is 10.5 Å². The van der Waals surface area contributed by atoms with Crippen LogP contribution >= 0.6 is 23.2 Å². The van der Waals surface area contributed by atoms with E-state index in [0.29, 0.717) is 15.6 Å². The Morgan fingerprint density at radius 1 is 1.35 bits per heavy atom. The average Bonchev–Trinajstić information content (AvgIpc) is 2.57. The van der Waals surface area contributed by atoms with Crippen molar-refractivity contribution in [1.82, 2.24) is 10.2 Å².